The molecule has 2 bridgehead atoms. The second-order valence-electron chi connectivity index (χ2n) is 5.36. The van der Waals surface area contributed by atoms with Crippen LogP contribution in [0.1, 0.15) is 32.6 Å². The zero-order chi connectivity index (χ0) is 11.7. The Morgan fingerprint density at radius 2 is 2.12 bits per heavy atom. The number of hydrogen-bond acceptors (Lipinski definition) is 3. The van der Waals surface area contributed by atoms with E-state index in [1.807, 2.05) is 6.07 Å². The zero-order valence-corrected chi connectivity index (χ0v) is 10.4. The highest BCUT2D eigenvalue weighted by molar-refractivity contribution is 5.45. The summed E-state index contributed by atoms with van der Waals surface area (Å²) in [4.78, 5) is 4.59. The van der Waals surface area contributed by atoms with Crippen molar-refractivity contribution in [2.75, 3.05) is 17.2 Å². The predicted molar refractivity (Wildman–Crippen MR) is 71.3 cm³/mol. The molecule has 2 aliphatic carbocycles. The number of aromatic nitrogens is 1. The van der Waals surface area contributed by atoms with E-state index in [9.17, 15) is 0 Å². The van der Waals surface area contributed by atoms with Crippen LogP contribution in [-0.4, -0.2) is 17.6 Å². The molecule has 2 aliphatic rings. The molecular formula is C14H21N3. The summed E-state index contributed by atoms with van der Waals surface area (Å²) in [6, 6.07) is 6.83. The third-order valence-corrected chi connectivity index (χ3v) is 4.18. The van der Waals surface area contributed by atoms with E-state index in [0.29, 0.717) is 6.04 Å². The van der Waals surface area contributed by atoms with Crippen LogP contribution in [0.5, 0.6) is 0 Å². The van der Waals surface area contributed by atoms with E-state index in [-0.39, 0.29) is 0 Å². The molecule has 3 nitrogen and oxygen atoms in total. The molecule has 0 amide bonds. The second-order valence-corrected chi connectivity index (χ2v) is 5.36. The van der Waals surface area contributed by atoms with E-state index in [2.05, 4.69) is 34.7 Å². The molecule has 0 aliphatic heterocycles. The van der Waals surface area contributed by atoms with Gasteiger partial charge < -0.3 is 10.6 Å². The average molecular weight is 231 g/mol. The van der Waals surface area contributed by atoms with Crippen molar-refractivity contribution >= 4 is 11.6 Å². The van der Waals surface area contributed by atoms with Gasteiger partial charge in [0, 0.05) is 12.6 Å². The van der Waals surface area contributed by atoms with E-state index < -0.39 is 0 Å². The maximum absolute atomic E-state index is 4.59. The molecule has 1 aromatic heterocycles. The molecule has 0 aromatic carbocycles. The van der Waals surface area contributed by atoms with Crippen molar-refractivity contribution in [3.8, 4) is 0 Å². The van der Waals surface area contributed by atoms with Gasteiger partial charge in [0.15, 0.2) is 0 Å². The lowest BCUT2D eigenvalue weighted by Gasteiger charge is -2.23. The topological polar surface area (TPSA) is 37.0 Å². The van der Waals surface area contributed by atoms with Gasteiger partial charge in [-0.05, 0) is 50.2 Å². The number of fused-ring (bicyclic) bond motifs is 2. The summed E-state index contributed by atoms with van der Waals surface area (Å²) < 4.78 is 0. The molecule has 1 heterocycles. The lowest BCUT2D eigenvalue weighted by Crippen LogP contribution is -2.26. The number of anilines is 2. The molecule has 0 spiro atoms. The highest BCUT2D eigenvalue weighted by Gasteiger charge is 2.39. The summed E-state index contributed by atoms with van der Waals surface area (Å²) in [6.07, 6.45) is 5.64. The van der Waals surface area contributed by atoms with Crippen LogP contribution < -0.4 is 10.6 Å². The highest BCUT2D eigenvalue weighted by Crippen LogP contribution is 2.45. The summed E-state index contributed by atoms with van der Waals surface area (Å²) in [6.45, 7) is 3.02. The maximum Gasteiger partial charge on any atom is 0.128 e. The van der Waals surface area contributed by atoms with E-state index in [1.54, 1.807) is 0 Å². The average Bonchev–Trinajstić information content (AvgIpc) is 2.92. The third-order valence-electron chi connectivity index (χ3n) is 4.18. The van der Waals surface area contributed by atoms with Gasteiger partial charge in [-0.1, -0.05) is 12.5 Å². The third kappa shape index (κ3) is 2.24. The Balaban J connectivity index is 1.66. The van der Waals surface area contributed by atoms with Crippen LogP contribution in [0.25, 0.3) is 0 Å². The zero-order valence-electron chi connectivity index (χ0n) is 10.4. The van der Waals surface area contributed by atoms with Crippen LogP contribution in [0, 0.1) is 11.8 Å². The Morgan fingerprint density at radius 1 is 1.24 bits per heavy atom. The number of pyridine rings is 1. The van der Waals surface area contributed by atoms with Gasteiger partial charge in [-0.15, -0.1) is 0 Å². The summed E-state index contributed by atoms with van der Waals surface area (Å²) in [5, 5.41) is 6.88. The van der Waals surface area contributed by atoms with Gasteiger partial charge in [0.1, 0.15) is 11.6 Å². The summed E-state index contributed by atoms with van der Waals surface area (Å²) in [5.74, 6) is 3.88. The van der Waals surface area contributed by atoms with Gasteiger partial charge in [0.05, 0.1) is 0 Å². The van der Waals surface area contributed by atoms with E-state index in [1.165, 1.54) is 25.7 Å². The molecule has 3 rings (SSSR count). The second kappa shape index (κ2) is 4.55. The van der Waals surface area contributed by atoms with Crippen molar-refractivity contribution in [2.45, 2.75) is 38.6 Å². The van der Waals surface area contributed by atoms with Crippen LogP contribution in [-0.2, 0) is 0 Å². The quantitative estimate of drug-likeness (QED) is 0.836. The smallest absolute Gasteiger partial charge is 0.128 e. The minimum Gasteiger partial charge on any atom is -0.370 e. The molecule has 1 aromatic rings. The van der Waals surface area contributed by atoms with Gasteiger partial charge in [-0.3, -0.25) is 0 Å². The molecule has 3 unspecified atom stereocenters. The Labute approximate surface area is 103 Å². The molecule has 2 fully saturated rings. The molecule has 3 atom stereocenters. The van der Waals surface area contributed by atoms with Crippen LogP contribution in [0.2, 0.25) is 0 Å². The maximum atomic E-state index is 4.59. The minimum absolute atomic E-state index is 0.665. The molecule has 3 heteroatoms. The molecule has 2 N–H and O–H groups in total. The molecule has 2 saturated carbocycles. The molecule has 0 saturated heterocycles. The van der Waals surface area contributed by atoms with E-state index in [4.69, 9.17) is 0 Å². The van der Waals surface area contributed by atoms with Crippen molar-refractivity contribution in [3.05, 3.63) is 18.2 Å². The first-order valence-electron chi connectivity index (χ1n) is 6.82. The van der Waals surface area contributed by atoms with Crippen molar-refractivity contribution in [2.24, 2.45) is 11.8 Å². The van der Waals surface area contributed by atoms with Crippen LogP contribution in [0.4, 0.5) is 11.6 Å². The lowest BCUT2D eigenvalue weighted by atomic mass is 9.95. The number of nitrogens with one attached hydrogen (secondary N) is 2. The first kappa shape index (κ1) is 10.9. The minimum atomic E-state index is 0.665. The monoisotopic (exact) mass is 231 g/mol. The van der Waals surface area contributed by atoms with Crippen LogP contribution >= 0.6 is 0 Å². The molecule has 0 radical (unpaired) electrons. The molecular weight excluding hydrogens is 210 g/mol. The van der Waals surface area contributed by atoms with Gasteiger partial charge in [-0.25, -0.2) is 4.98 Å². The van der Waals surface area contributed by atoms with Crippen molar-refractivity contribution < 1.29 is 0 Å². The first-order chi connectivity index (χ1) is 8.35. The van der Waals surface area contributed by atoms with Crippen LogP contribution in [0.15, 0.2) is 18.2 Å². The van der Waals surface area contributed by atoms with E-state index in [0.717, 1.165) is 30.0 Å². The van der Waals surface area contributed by atoms with Crippen molar-refractivity contribution in [3.63, 3.8) is 0 Å². The lowest BCUT2D eigenvalue weighted by molar-refractivity contribution is 0.439. The first-order valence-corrected chi connectivity index (χ1v) is 6.82. The van der Waals surface area contributed by atoms with Gasteiger partial charge >= 0.3 is 0 Å². The van der Waals surface area contributed by atoms with Gasteiger partial charge in [0.2, 0.25) is 0 Å². The number of rotatable bonds is 4. The fraction of sp³-hybridized carbons (Fsp3) is 0.643. The largest absolute Gasteiger partial charge is 0.370 e. The summed E-state index contributed by atoms with van der Waals surface area (Å²) >= 11 is 0. The Hall–Kier alpha value is -1.25. The number of hydrogen-bond donors (Lipinski definition) is 2. The Bertz CT molecular complexity index is 391. The molecule has 17 heavy (non-hydrogen) atoms. The van der Waals surface area contributed by atoms with E-state index >= 15 is 0 Å². The van der Waals surface area contributed by atoms with Gasteiger partial charge in [-0.2, -0.15) is 0 Å². The standard InChI is InChI=1S/C14H21N3/c1-2-15-13-4-3-5-14(17-13)16-12-9-10-6-7-11(12)8-10/h3-5,10-12H,2,6-9H2,1H3,(H2,15,16,17). The van der Waals surface area contributed by atoms with Crippen LogP contribution in [0.3, 0.4) is 0 Å². The Kier molecular flexibility index (Phi) is 2.91. The summed E-state index contributed by atoms with van der Waals surface area (Å²) in [5.41, 5.74) is 0. The highest BCUT2D eigenvalue weighted by atomic mass is 15.1. The van der Waals surface area contributed by atoms with Gasteiger partial charge in [0.25, 0.3) is 0 Å². The van der Waals surface area contributed by atoms with Crippen molar-refractivity contribution in [1.29, 1.82) is 0 Å². The normalized spacial score (nSPS) is 30.5. The van der Waals surface area contributed by atoms with Crippen molar-refractivity contribution in [1.82, 2.24) is 4.98 Å². The molecule has 92 valence electrons. The number of nitrogens with zero attached hydrogens (tertiary/aromatic N) is 1. The summed E-state index contributed by atoms with van der Waals surface area (Å²) in [7, 11) is 0. The fourth-order valence-corrected chi connectivity index (χ4v) is 3.41. The Morgan fingerprint density at radius 3 is 2.82 bits per heavy atom. The SMILES string of the molecule is CCNc1cccc(NC2CC3CCC2C3)n1. The fourth-order valence-electron chi connectivity index (χ4n) is 3.41. The predicted octanol–water partition coefficient (Wildman–Crippen LogP) is 3.11.